The molecule has 3 heterocycles. The molecule has 0 amide bonds. The van der Waals surface area contributed by atoms with Gasteiger partial charge in [0.1, 0.15) is 0 Å². The van der Waals surface area contributed by atoms with E-state index in [1.54, 1.807) is 0 Å². The summed E-state index contributed by atoms with van der Waals surface area (Å²) in [5.41, 5.74) is 0.103. The lowest BCUT2D eigenvalue weighted by Gasteiger charge is -2.46. The van der Waals surface area contributed by atoms with E-state index in [9.17, 15) is 5.11 Å². The van der Waals surface area contributed by atoms with Crippen molar-refractivity contribution in [1.29, 1.82) is 0 Å². The number of nitrogens with zero attached hydrogens (tertiary/aromatic N) is 1. The smallest absolute Gasteiger partial charge is 0.0499 e. The molecule has 3 fully saturated rings. The summed E-state index contributed by atoms with van der Waals surface area (Å²) in [4.78, 5) is 2.58. The number of nitrogens with one attached hydrogen (secondary N) is 1. The molecule has 3 rings (SSSR count). The van der Waals surface area contributed by atoms with E-state index in [1.807, 2.05) is 0 Å². The summed E-state index contributed by atoms with van der Waals surface area (Å²) in [6, 6.07) is 0.668. The van der Waals surface area contributed by atoms with Gasteiger partial charge in [0.2, 0.25) is 0 Å². The topological polar surface area (TPSA) is 35.5 Å². The van der Waals surface area contributed by atoms with Crippen LogP contribution in [-0.4, -0.2) is 48.8 Å². The standard InChI is InChI=1S/C14H28N2O/c1-3-14(4-2,11-17)10-15-13-9-16-7-5-12(13)6-8-16/h12-13,15,17H,3-11H2,1-2H3. The zero-order valence-electron chi connectivity index (χ0n) is 11.4. The molecule has 3 aliphatic heterocycles. The number of rotatable bonds is 6. The van der Waals surface area contributed by atoms with Gasteiger partial charge in [-0.3, -0.25) is 0 Å². The highest BCUT2D eigenvalue weighted by atomic mass is 16.3. The number of hydrogen-bond acceptors (Lipinski definition) is 3. The van der Waals surface area contributed by atoms with Crippen LogP contribution in [0, 0.1) is 11.3 Å². The van der Waals surface area contributed by atoms with Gasteiger partial charge in [-0.05, 0) is 44.7 Å². The maximum Gasteiger partial charge on any atom is 0.0499 e. The van der Waals surface area contributed by atoms with Crippen molar-refractivity contribution in [2.75, 3.05) is 32.8 Å². The molecule has 3 nitrogen and oxygen atoms in total. The van der Waals surface area contributed by atoms with Gasteiger partial charge >= 0.3 is 0 Å². The Balaban J connectivity index is 1.85. The van der Waals surface area contributed by atoms with Gasteiger partial charge in [0.15, 0.2) is 0 Å². The molecule has 0 aromatic heterocycles. The summed E-state index contributed by atoms with van der Waals surface area (Å²) in [6.07, 6.45) is 4.85. The Morgan fingerprint density at radius 1 is 1.24 bits per heavy atom. The molecular weight excluding hydrogens is 212 g/mol. The van der Waals surface area contributed by atoms with Gasteiger partial charge in [-0.15, -0.1) is 0 Å². The molecule has 0 radical (unpaired) electrons. The van der Waals surface area contributed by atoms with E-state index in [2.05, 4.69) is 24.1 Å². The molecule has 0 aromatic rings. The first-order valence-electron chi connectivity index (χ1n) is 7.29. The first kappa shape index (κ1) is 13.3. The zero-order chi connectivity index (χ0) is 12.3. The minimum Gasteiger partial charge on any atom is -0.396 e. The molecule has 2 bridgehead atoms. The number of aliphatic hydroxyl groups excluding tert-OH is 1. The quantitative estimate of drug-likeness (QED) is 0.738. The van der Waals surface area contributed by atoms with Crippen LogP contribution in [0.4, 0.5) is 0 Å². The Morgan fingerprint density at radius 2 is 1.88 bits per heavy atom. The molecule has 3 heteroatoms. The zero-order valence-corrected chi connectivity index (χ0v) is 11.4. The third-order valence-electron chi connectivity index (χ3n) is 5.23. The van der Waals surface area contributed by atoms with Crippen LogP contribution >= 0.6 is 0 Å². The van der Waals surface area contributed by atoms with Gasteiger partial charge in [-0.1, -0.05) is 13.8 Å². The molecule has 3 aliphatic rings. The fraction of sp³-hybridized carbons (Fsp3) is 1.00. The van der Waals surface area contributed by atoms with Gasteiger partial charge in [-0.2, -0.15) is 0 Å². The predicted octanol–water partition coefficient (Wildman–Crippen LogP) is 1.47. The van der Waals surface area contributed by atoms with Gasteiger partial charge in [-0.25, -0.2) is 0 Å². The number of fused-ring (bicyclic) bond motifs is 3. The van der Waals surface area contributed by atoms with E-state index in [1.165, 1.54) is 32.5 Å². The normalized spacial score (nSPS) is 33.0. The minimum absolute atomic E-state index is 0.103. The van der Waals surface area contributed by atoms with E-state index >= 15 is 0 Å². The Labute approximate surface area is 106 Å². The maximum absolute atomic E-state index is 9.59. The fourth-order valence-electron chi connectivity index (χ4n) is 3.32. The largest absolute Gasteiger partial charge is 0.396 e. The Kier molecular flexibility index (Phi) is 4.45. The molecule has 0 aliphatic carbocycles. The summed E-state index contributed by atoms with van der Waals surface area (Å²) in [5.74, 6) is 0.880. The van der Waals surface area contributed by atoms with Crippen LogP contribution in [0.15, 0.2) is 0 Å². The summed E-state index contributed by atoms with van der Waals surface area (Å²) in [6.45, 7) is 9.50. The summed E-state index contributed by atoms with van der Waals surface area (Å²) in [5, 5.41) is 13.3. The van der Waals surface area contributed by atoms with Crippen molar-refractivity contribution in [3.8, 4) is 0 Å². The van der Waals surface area contributed by atoms with E-state index in [4.69, 9.17) is 0 Å². The molecule has 100 valence electrons. The average Bonchev–Trinajstić information content (AvgIpc) is 2.42. The predicted molar refractivity (Wildman–Crippen MR) is 71.1 cm³/mol. The highest BCUT2D eigenvalue weighted by Gasteiger charge is 2.35. The monoisotopic (exact) mass is 240 g/mol. The van der Waals surface area contributed by atoms with Crippen LogP contribution in [0.2, 0.25) is 0 Å². The molecule has 1 unspecified atom stereocenters. The maximum atomic E-state index is 9.59. The van der Waals surface area contributed by atoms with Crippen molar-refractivity contribution >= 4 is 0 Å². The highest BCUT2D eigenvalue weighted by Crippen LogP contribution is 2.29. The second-order valence-corrected chi connectivity index (χ2v) is 5.99. The average molecular weight is 240 g/mol. The van der Waals surface area contributed by atoms with Crippen molar-refractivity contribution in [2.45, 2.75) is 45.6 Å². The van der Waals surface area contributed by atoms with Crippen molar-refractivity contribution in [2.24, 2.45) is 11.3 Å². The molecule has 1 atom stereocenters. The SMILES string of the molecule is CCC(CC)(CO)CNC1CN2CCC1CC2. The number of hydrogen-bond donors (Lipinski definition) is 2. The van der Waals surface area contributed by atoms with Crippen molar-refractivity contribution < 1.29 is 5.11 Å². The van der Waals surface area contributed by atoms with Crippen molar-refractivity contribution in [3.63, 3.8) is 0 Å². The van der Waals surface area contributed by atoms with Gasteiger partial charge in [0.05, 0.1) is 0 Å². The van der Waals surface area contributed by atoms with E-state index < -0.39 is 0 Å². The molecule has 0 saturated carbocycles. The first-order valence-corrected chi connectivity index (χ1v) is 7.29. The summed E-state index contributed by atoms with van der Waals surface area (Å²) >= 11 is 0. The molecule has 2 N–H and O–H groups in total. The fourth-order valence-corrected chi connectivity index (χ4v) is 3.32. The van der Waals surface area contributed by atoms with Crippen molar-refractivity contribution in [1.82, 2.24) is 10.2 Å². The van der Waals surface area contributed by atoms with Crippen LogP contribution in [0.25, 0.3) is 0 Å². The third-order valence-corrected chi connectivity index (χ3v) is 5.23. The van der Waals surface area contributed by atoms with E-state index in [0.29, 0.717) is 12.6 Å². The Hall–Kier alpha value is -0.120. The number of aliphatic hydroxyl groups is 1. The highest BCUT2D eigenvalue weighted by molar-refractivity contribution is 4.92. The molecular formula is C14H28N2O. The minimum atomic E-state index is 0.103. The van der Waals surface area contributed by atoms with E-state index in [0.717, 1.165) is 25.3 Å². The summed E-state index contributed by atoms with van der Waals surface area (Å²) < 4.78 is 0. The first-order chi connectivity index (χ1) is 8.23. The van der Waals surface area contributed by atoms with Crippen LogP contribution in [-0.2, 0) is 0 Å². The Bertz CT molecular complexity index is 224. The van der Waals surface area contributed by atoms with E-state index in [-0.39, 0.29) is 5.41 Å². The molecule has 3 saturated heterocycles. The van der Waals surface area contributed by atoms with Gasteiger partial charge in [0, 0.05) is 31.2 Å². The van der Waals surface area contributed by atoms with Crippen LogP contribution in [0.1, 0.15) is 39.5 Å². The summed E-state index contributed by atoms with van der Waals surface area (Å²) in [7, 11) is 0. The number of piperidine rings is 3. The van der Waals surface area contributed by atoms with Crippen LogP contribution < -0.4 is 5.32 Å². The Morgan fingerprint density at radius 3 is 2.29 bits per heavy atom. The van der Waals surface area contributed by atoms with Crippen molar-refractivity contribution in [3.05, 3.63) is 0 Å². The molecule has 0 spiro atoms. The lowest BCUT2D eigenvalue weighted by atomic mass is 9.80. The lowest BCUT2D eigenvalue weighted by Crippen LogP contribution is -2.57. The molecule has 17 heavy (non-hydrogen) atoms. The van der Waals surface area contributed by atoms with Crippen LogP contribution in [0.3, 0.4) is 0 Å². The molecule has 0 aromatic carbocycles. The van der Waals surface area contributed by atoms with Gasteiger partial charge in [0.25, 0.3) is 0 Å². The third kappa shape index (κ3) is 2.83. The van der Waals surface area contributed by atoms with Crippen LogP contribution in [0.5, 0.6) is 0 Å². The van der Waals surface area contributed by atoms with Gasteiger partial charge < -0.3 is 15.3 Å². The second-order valence-electron chi connectivity index (χ2n) is 5.99. The second kappa shape index (κ2) is 5.68. The lowest BCUT2D eigenvalue weighted by molar-refractivity contribution is 0.0535.